The largest absolute Gasteiger partial charge is 0.309 e. The highest BCUT2D eigenvalue weighted by Crippen LogP contribution is 2.62. The standard InChI is InChI=1S/C18H31N3/c1-16(2,3)21-12-13(11-20-21)10-19-15-17(4,5)14-7-8-18(15,6)9-14/h11-12,14-15,19H,7-10H2,1-6H3. The number of nitrogens with one attached hydrogen (secondary N) is 1. The van der Waals surface area contributed by atoms with E-state index in [-0.39, 0.29) is 5.54 Å². The van der Waals surface area contributed by atoms with E-state index in [1.165, 1.54) is 24.8 Å². The van der Waals surface area contributed by atoms with Crippen LogP contribution in [-0.2, 0) is 12.1 Å². The van der Waals surface area contributed by atoms with Gasteiger partial charge in [-0.2, -0.15) is 5.10 Å². The van der Waals surface area contributed by atoms with Gasteiger partial charge in [0.25, 0.3) is 0 Å². The van der Waals surface area contributed by atoms with Crippen molar-refractivity contribution >= 4 is 0 Å². The Hall–Kier alpha value is -0.830. The molecule has 21 heavy (non-hydrogen) atoms. The van der Waals surface area contributed by atoms with Gasteiger partial charge < -0.3 is 5.32 Å². The van der Waals surface area contributed by atoms with Gasteiger partial charge in [-0.25, -0.2) is 0 Å². The summed E-state index contributed by atoms with van der Waals surface area (Å²) in [6.45, 7) is 14.9. The van der Waals surface area contributed by atoms with Crippen molar-refractivity contribution in [2.24, 2.45) is 16.7 Å². The zero-order chi connectivity index (χ0) is 15.5. The van der Waals surface area contributed by atoms with E-state index in [2.05, 4.69) is 62.8 Å². The van der Waals surface area contributed by atoms with Crippen molar-refractivity contribution in [1.29, 1.82) is 0 Å². The highest BCUT2D eigenvalue weighted by Gasteiger charge is 2.58. The highest BCUT2D eigenvalue weighted by molar-refractivity contribution is 5.13. The Morgan fingerprint density at radius 1 is 1.33 bits per heavy atom. The van der Waals surface area contributed by atoms with Crippen molar-refractivity contribution in [1.82, 2.24) is 15.1 Å². The van der Waals surface area contributed by atoms with Crippen molar-refractivity contribution in [2.75, 3.05) is 0 Å². The van der Waals surface area contributed by atoms with Gasteiger partial charge in [-0.1, -0.05) is 20.8 Å². The second kappa shape index (κ2) is 4.58. The Labute approximate surface area is 129 Å². The van der Waals surface area contributed by atoms with Crippen LogP contribution in [0.1, 0.15) is 66.4 Å². The Kier molecular flexibility index (Phi) is 3.29. The average molecular weight is 289 g/mol. The SMILES string of the molecule is CC12CCC(C1)C(C)(C)C2NCc1cnn(C(C)(C)C)c1. The summed E-state index contributed by atoms with van der Waals surface area (Å²) >= 11 is 0. The first-order valence-corrected chi connectivity index (χ1v) is 8.40. The molecule has 1 N–H and O–H groups in total. The number of rotatable bonds is 3. The zero-order valence-electron chi connectivity index (χ0n) is 14.5. The van der Waals surface area contributed by atoms with E-state index in [0.29, 0.717) is 16.9 Å². The molecular weight excluding hydrogens is 258 g/mol. The van der Waals surface area contributed by atoms with Gasteiger partial charge in [0.1, 0.15) is 0 Å². The number of aromatic nitrogens is 2. The van der Waals surface area contributed by atoms with Crippen LogP contribution in [0.25, 0.3) is 0 Å². The number of fused-ring (bicyclic) bond motifs is 2. The minimum absolute atomic E-state index is 0.0654. The fourth-order valence-electron chi connectivity index (χ4n) is 4.85. The summed E-state index contributed by atoms with van der Waals surface area (Å²) in [6, 6.07) is 0.627. The molecule has 3 unspecified atom stereocenters. The molecule has 0 aromatic carbocycles. The minimum Gasteiger partial charge on any atom is -0.309 e. The molecule has 2 aliphatic rings. The molecule has 1 heterocycles. The normalized spacial score (nSPS) is 34.6. The third-order valence-corrected chi connectivity index (χ3v) is 6.10. The molecule has 118 valence electrons. The summed E-state index contributed by atoms with van der Waals surface area (Å²) in [4.78, 5) is 0. The van der Waals surface area contributed by atoms with Crippen LogP contribution in [0, 0.1) is 16.7 Å². The van der Waals surface area contributed by atoms with E-state index in [4.69, 9.17) is 0 Å². The van der Waals surface area contributed by atoms with Gasteiger partial charge in [0, 0.05) is 24.3 Å². The van der Waals surface area contributed by atoms with Gasteiger partial charge in [-0.3, -0.25) is 4.68 Å². The van der Waals surface area contributed by atoms with Gasteiger partial charge in [0.2, 0.25) is 0 Å². The van der Waals surface area contributed by atoms with Gasteiger partial charge in [0.15, 0.2) is 0 Å². The molecule has 3 nitrogen and oxygen atoms in total. The summed E-state index contributed by atoms with van der Waals surface area (Å²) in [5, 5.41) is 8.38. The molecule has 0 spiro atoms. The van der Waals surface area contributed by atoms with Crippen LogP contribution in [0.2, 0.25) is 0 Å². The first-order valence-electron chi connectivity index (χ1n) is 8.40. The lowest BCUT2D eigenvalue weighted by Gasteiger charge is -2.43. The number of nitrogens with zero attached hydrogens (tertiary/aromatic N) is 2. The van der Waals surface area contributed by atoms with Gasteiger partial charge in [-0.15, -0.1) is 0 Å². The molecule has 0 aliphatic heterocycles. The van der Waals surface area contributed by atoms with Crippen LogP contribution in [0.3, 0.4) is 0 Å². The van der Waals surface area contributed by atoms with E-state index in [0.717, 1.165) is 12.5 Å². The zero-order valence-corrected chi connectivity index (χ0v) is 14.5. The highest BCUT2D eigenvalue weighted by atomic mass is 15.3. The van der Waals surface area contributed by atoms with Crippen LogP contribution >= 0.6 is 0 Å². The lowest BCUT2D eigenvalue weighted by molar-refractivity contribution is 0.108. The Bertz CT molecular complexity index is 518. The summed E-state index contributed by atoms with van der Waals surface area (Å²) < 4.78 is 2.07. The van der Waals surface area contributed by atoms with E-state index in [1.54, 1.807) is 0 Å². The second-order valence-electron chi connectivity index (χ2n) is 9.19. The van der Waals surface area contributed by atoms with Crippen molar-refractivity contribution < 1.29 is 0 Å². The Morgan fingerprint density at radius 2 is 2.05 bits per heavy atom. The summed E-state index contributed by atoms with van der Waals surface area (Å²) in [7, 11) is 0. The number of hydrogen-bond acceptors (Lipinski definition) is 2. The third-order valence-electron chi connectivity index (χ3n) is 6.10. The molecule has 0 amide bonds. The maximum atomic E-state index is 4.51. The molecular formula is C18H31N3. The lowest BCUT2D eigenvalue weighted by Crippen LogP contribution is -2.49. The lowest BCUT2D eigenvalue weighted by atomic mass is 9.68. The Balaban J connectivity index is 1.69. The van der Waals surface area contributed by atoms with Gasteiger partial charge >= 0.3 is 0 Å². The molecule has 1 aromatic heterocycles. The van der Waals surface area contributed by atoms with E-state index in [9.17, 15) is 0 Å². The van der Waals surface area contributed by atoms with Crippen LogP contribution in [-0.4, -0.2) is 15.8 Å². The van der Waals surface area contributed by atoms with Crippen LogP contribution in [0.4, 0.5) is 0 Å². The van der Waals surface area contributed by atoms with Crippen molar-refractivity contribution in [3.63, 3.8) is 0 Å². The molecule has 0 radical (unpaired) electrons. The summed E-state index contributed by atoms with van der Waals surface area (Å²) in [5.41, 5.74) is 2.28. The van der Waals surface area contributed by atoms with Crippen LogP contribution < -0.4 is 5.32 Å². The van der Waals surface area contributed by atoms with Crippen molar-refractivity contribution in [3.05, 3.63) is 18.0 Å². The minimum atomic E-state index is 0.0654. The van der Waals surface area contributed by atoms with Crippen molar-refractivity contribution in [3.8, 4) is 0 Å². The van der Waals surface area contributed by atoms with Crippen LogP contribution in [0.15, 0.2) is 12.4 Å². The van der Waals surface area contributed by atoms with Gasteiger partial charge in [0.05, 0.1) is 11.7 Å². The second-order valence-corrected chi connectivity index (χ2v) is 9.19. The predicted molar refractivity (Wildman–Crippen MR) is 87.1 cm³/mol. The maximum Gasteiger partial charge on any atom is 0.0543 e. The molecule has 3 heteroatoms. The first-order chi connectivity index (χ1) is 9.63. The molecule has 3 atom stereocenters. The fourth-order valence-corrected chi connectivity index (χ4v) is 4.85. The maximum absolute atomic E-state index is 4.51. The summed E-state index contributed by atoms with van der Waals surface area (Å²) in [5.74, 6) is 0.900. The third kappa shape index (κ3) is 2.44. The summed E-state index contributed by atoms with van der Waals surface area (Å²) in [6.07, 6.45) is 8.42. The smallest absolute Gasteiger partial charge is 0.0543 e. The molecule has 2 fully saturated rings. The molecule has 0 saturated heterocycles. The van der Waals surface area contributed by atoms with Crippen LogP contribution in [0.5, 0.6) is 0 Å². The monoisotopic (exact) mass is 289 g/mol. The first kappa shape index (κ1) is 15.1. The van der Waals surface area contributed by atoms with Gasteiger partial charge in [-0.05, 0) is 56.8 Å². The van der Waals surface area contributed by atoms with E-state index < -0.39 is 0 Å². The van der Waals surface area contributed by atoms with E-state index in [1.807, 2.05) is 6.20 Å². The molecule has 2 saturated carbocycles. The average Bonchev–Trinajstić information content (AvgIpc) is 2.98. The topological polar surface area (TPSA) is 29.9 Å². The molecule has 2 aliphatic carbocycles. The number of hydrogen-bond donors (Lipinski definition) is 1. The molecule has 2 bridgehead atoms. The Morgan fingerprint density at radius 3 is 2.57 bits per heavy atom. The molecule has 1 aromatic rings. The predicted octanol–water partition coefficient (Wildman–Crippen LogP) is 3.94. The molecule has 3 rings (SSSR count). The fraction of sp³-hybridized carbons (Fsp3) is 0.833. The quantitative estimate of drug-likeness (QED) is 0.913. The van der Waals surface area contributed by atoms with E-state index >= 15 is 0 Å². The van der Waals surface area contributed by atoms with Crippen molar-refractivity contribution in [2.45, 2.75) is 78.9 Å².